The monoisotopic (exact) mass is 623 g/mol. The summed E-state index contributed by atoms with van der Waals surface area (Å²) in [7, 11) is 1.79. The van der Waals surface area contributed by atoms with Crippen LogP contribution < -0.4 is 26.0 Å². The molecule has 2 aromatic rings. The number of carbonyl (C=O) groups excluding carboxylic acids is 4. The minimum Gasteiger partial charge on any atom is -0.543 e. The summed E-state index contributed by atoms with van der Waals surface area (Å²) < 4.78 is 1.77. The number of anilines is 1. The van der Waals surface area contributed by atoms with Crippen molar-refractivity contribution in [2.24, 2.45) is 12.2 Å². The Bertz CT molecular complexity index is 1690. The average molecular weight is 624 g/mol. The number of nitrogens with two attached hydrogens (primary N) is 1. The van der Waals surface area contributed by atoms with E-state index in [1.165, 1.54) is 19.2 Å². The highest BCUT2D eigenvalue weighted by molar-refractivity contribution is 7.13. The summed E-state index contributed by atoms with van der Waals surface area (Å²) in [6, 6.07) is 1.66. The lowest BCUT2D eigenvalue weighted by Gasteiger charge is -2.51. The quantitative estimate of drug-likeness (QED) is 0.0841. The van der Waals surface area contributed by atoms with Crippen molar-refractivity contribution in [3.05, 3.63) is 58.0 Å². The fourth-order valence-corrected chi connectivity index (χ4v) is 5.88. The molecule has 2 fully saturated rings. The lowest BCUT2D eigenvalue weighted by atomic mass is 9.79. The van der Waals surface area contributed by atoms with E-state index in [-0.39, 0.29) is 35.3 Å². The number of aryl methyl sites for hydroxylation is 1. The smallest absolute Gasteiger partial charge is 0.350 e. The molecule has 5 heterocycles. The molecule has 0 bridgehead atoms. The third-order valence-electron chi connectivity index (χ3n) is 7.54. The van der Waals surface area contributed by atoms with E-state index >= 15 is 0 Å². The number of amides is 3. The molecule has 2 saturated heterocycles. The topological polar surface area (TPSA) is 220 Å². The number of hydrogen-bond acceptors (Lipinski definition) is 11. The van der Waals surface area contributed by atoms with Gasteiger partial charge >= 0.3 is 5.97 Å². The fraction of sp³-hybridized carbons (Fsp3) is 0.357. The number of aliphatic carboxylic acids is 2. The maximum absolute atomic E-state index is 13.5. The van der Waals surface area contributed by atoms with Crippen molar-refractivity contribution in [3.8, 4) is 0 Å². The Morgan fingerprint density at radius 2 is 2.07 bits per heavy atom. The first-order chi connectivity index (χ1) is 20.8. The van der Waals surface area contributed by atoms with Gasteiger partial charge in [0.2, 0.25) is 11.5 Å². The number of carboxylic acid groups (broad SMARTS) is 2. The van der Waals surface area contributed by atoms with Gasteiger partial charge < -0.3 is 41.1 Å². The number of allylic oxidation sites excluding steroid dienone is 2. The molecule has 44 heavy (non-hydrogen) atoms. The molecule has 0 unspecified atom stereocenters. The van der Waals surface area contributed by atoms with Crippen LogP contribution in [-0.4, -0.2) is 74.6 Å². The first-order valence-electron chi connectivity index (χ1n) is 13.6. The van der Waals surface area contributed by atoms with Crippen molar-refractivity contribution < 1.29 is 43.6 Å². The number of nitrogens with zero attached hydrogens (tertiary/aromatic N) is 4. The number of nitrogen functional groups attached to an aromatic ring is 1. The highest BCUT2D eigenvalue weighted by Crippen LogP contribution is 2.43. The highest BCUT2D eigenvalue weighted by atomic mass is 32.1. The van der Waals surface area contributed by atoms with Gasteiger partial charge in [0.15, 0.2) is 23.2 Å². The maximum atomic E-state index is 13.5. The van der Waals surface area contributed by atoms with Crippen molar-refractivity contribution >= 4 is 57.4 Å². The number of carbonyl (C=O) groups is 5. The zero-order chi connectivity index (χ0) is 31.9. The molecule has 0 aromatic carbocycles. The van der Waals surface area contributed by atoms with Crippen molar-refractivity contribution in [1.82, 2.24) is 20.5 Å². The van der Waals surface area contributed by atoms with Crippen LogP contribution in [0.5, 0.6) is 0 Å². The fourth-order valence-electron chi connectivity index (χ4n) is 5.33. The zero-order valence-corrected chi connectivity index (χ0v) is 24.8. The van der Waals surface area contributed by atoms with Crippen LogP contribution in [0.4, 0.5) is 5.13 Å². The molecule has 0 radical (unpaired) electrons. The number of rotatable bonds is 9. The molecule has 15 nitrogen and oxygen atoms in total. The summed E-state index contributed by atoms with van der Waals surface area (Å²) in [6.07, 6.45) is 4.37. The second-order valence-corrected chi connectivity index (χ2v) is 11.8. The molecule has 230 valence electrons. The van der Waals surface area contributed by atoms with E-state index in [1.807, 2.05) is 0 Å². The molecule has 2 aromatic heterocycles. The highest BCUT2D eigenvalue weighted by Gasteiger charge is 2.53. The van der Waals surface area contributed by atoms with Crippen molar-refractivity contribution in [1.29, 1.82) is 0 Å². The van der Waals surface area contributed by atoms with Gasteiger partial charge in [0.05, 0.1) is 17.7 Å². The number of β-lactam (4-membered cyclic amide) rings is 1. The van der Waals surface area contributed by atoms with Crippen LogP contribution in [0.2, 0.25) is 0 Å². The Labute approximate surface area is 254 Å². The summed E-state index contributed by atoms with van der Waals surface area (Å²) in [6.45, 7) is 2.86. The molecule has 3 aliphatic rings. The number of oxime groups is 1. The maximum Gasteiger partial charge on any atom is 0.350 e. The van der Waals surface area contributed by atoms with E-state index in [1.54, 1.807) is 36.1 Å². The molecule has 2 atom stereocenters. The largest absolute Gasteiger partial charge is 0.543 e. The second kappa shape index (κ2) is 11.5. The van der Waals surface area contributed by atoms with Gasteiger partial charge in [0.25, 0.3) is 11.8 Å². The lowest BCUT2D eigenvalue weighted by Crippen LogP contribution is -2.72. The summed E-state index contributed by atoms with van der Waals surface area (Å²) in [4.78, 5) is 73.9. The number of thiazole rings is 1. The Hall–Kier alpha value is -5.12. The predicted molar refractivity (Wildman–Crippen MR) is 152 cm³/mol. The van der Waals surface area contributed by atoms with E-state index < -0.39 is 47.1 Å². The standard InChI is InChI=1S/C28H29N7O8S/c1-28(2,26(41)42)43-33-19(16-12-44-27(29)31-16)23(37)32-20-17-7-6-14(21(25(39)40)35(17)24(20)38)18(15-8-9-30-22(15)36)13-5-4-10-34(3)11-13/h4-5,10-12,17,20H,6-9H2,1-3H3,(H5-,29,30,31,32,36,37,39,40,41,42)/t17-,20+/m1/s1. The summed E-state index contributed by atoms with van der Waals surface area (Å²) >= 11 is 1.01. The Kier molecular flexibility index (Phi) is 7.94. The van der Waals surface area contributed by atoms with Crippen molar-refractivity contribution in [3.63, 3.8) is 0 Å². The first-order valence-corrected chi connectivity index (χ1v) is 14.4. The van der Waals surface area contributed by atoms with Gasteiger partial charge in [-0.2, -0.15) is 0 Å². The van der Waals surface area contributed by atoms with Crippen molar-refractivity contribution in [2.45, 2.75) is 50.8 Å². The van der Waals surface area contributed by atoms with Crippen LogP contribution in [0, 0.1) is 0 Å². The SMILES string of the molecule is C[n+]1cccc(C(=C2CCNC2=O)C2=C(C(=O)[O-])N3C(=O)[C@@H](NC(=O)C(=NOC(C)(C)C(=O)O)c4csc(N)n4)[C@H]3CC2)c1. The van der Waals surface area contributed by atoms with Crippen LogP contribution in [0.15, 0.2) is 51.9 Å². The van der Waals surface area contributed by atoms with Gasteiger partial charge in [-0.3, -0.25) is 14.4 Å². The van der Waals surface area contributed by atoms with Crippen LogP contribution >= 0.6 is 11.3 Å². The summed E-state index contributed by atoms with van der Waals surface area (Å²) in [5, 5.41) is 32.5. The Morgan fingerprint density at radius 3 is 2.66 bits per heavy atom. The zero-order valence-electron chi connectivity index (χ0n) is 23.9. The third kappa shape index (κ3) is 5.50. The number of aromatic nitrogens is 2. The number of nitrogens with one attached hydrogen (secondary N) is 2. The molecule has 3 amide bonds. The van der Waals surface area contributed by atoms with Gasteiger partial charge in [-0.1, -0.05) is 5.16 Å². The molecule has 5 N–H and O–H groups in total. The molecule has 3 aliphatic heterocycles. The lowest BCUT2D eigenvalue weighted by molar-refractivity contribution is -0.671. The van der Waals surface area contributed by atoms with E-state index in [0.29, 0.717) is 35.2 Å². The molecular formula is C28H29N7O8S. The van der Waals surface area contributed by atoms with Gasteiger partial charge in [0, 0.05) is 34.7 Å². The van der Waals surface area contributed by atoms with E-state index in [0.717, 1.165) is 16.2 Å². The molecule has 0 saturated carbocycles. The van der Waals surface area contributed by atoms with E-state index in [9.17, 15) is 34.2 Å². The number of carboxylic acids is 2. The molecule has 5 rings (SSSR count). The van der Waals surface area contributed by atoms with Gasteiger partial charge in [-0.25, -0.2) is 14.3 Å². The van der Waals surface area contributed by atoms with Gasteiger partial charge in [-0.05, 0) is 44.7 Å². The molecule has 16 heteroatoms. The summed E-state index contributed by atoms with van der Waals surface area (Å²) in [5.41, 5.74) is 4.89. The Balaban J connectivity index is 1.48. The number of fused-ring (bicyclic) bond motifs is 1. The van der Waals surface area contributed by atoms with E-state index in [4.69, 9.17) is 10.6 Å². The molecular weight excluding hydrogens is 594 g/mol. The number of pyridine rings is 1. The second-order valence-electron chi connectivity index (χ2n) is 10.9. The normalized spacial score (nSPS) is 21.3. The average Bonchev–Trinajstić information content (AvgIpc) is 3.59. The van der Waals surface area contributed by atoms with Crippen LogP contribution in [0.25, 0.3) is 5.57 Å². The molecule has 0 spiro atoms. The predicted octanol–water partition coefficient (Wildman–Crippen LogP) is -1.40. The number of hydrogen-bond donors (Lipinski definition) is 4. The first kappa shape index (κ1) is 30.3. The minimum atomic E-state index is -1.79. The van der Waals surface area contributed by atoms with Crippen LogP contribution in [0.3, 0.4) is 0 Å². The minimum absolute atomic E-state index is 0.00167. The summed E-state index contributed by atoms with van der Waals surface area (Å²) in [5.74, 6) is -4.85. The van der Waals surface area contributed by atoms with Gasteiger partial charge in [0.1, 0.15) is 18.8 Å². The van der Waals surface area contributed by atoms with Gasteiger partial charge in [-0.15, -0.1) is 11.3 Å². The van der Waals surface area contributed by atoms with Crippen LogP contribution in [-0.2, 0) is 35.9 Å². The third-order valence-corrected chi connectivity index (χ3v) is 8.22. The molecule has 0 aliphatic carbocycles. The van der Waals surface area contributed by atoms with Crippen molar-refractivity contribution in [2.75, 3.05) is 12.3 Å². The van der Waals surface area contributed by atoms with Crippen LogP contribution in [0.1, 0.15) is 44.4 Å². The Morgan fingerprint density at radius 1 is 1.32 bits per heavy atom. The van der Waals surface area contributed by atoms with E-state index in [2.05, 4.69) is 20.8 Å².